The number of nitrogens with zero attached hydrogens (tertiary/aromatic N) is 3. The number of carbonyl (C=O) groups is 1. The van der Waals surface area contributed by atoms with Gasteiger partial charge >= 0.3 is 0 Å². The van der Waals surface area contributed by atoms with Crippen molar-refractivity contribution in [2.75, 3.05) is 31.2 Å². The Morgan fingerprint density at radius 1 is 1.16 bits per heavy atom. The van der Waals surface area contributed by atoms with Gasteiger partial charge in [0, 0.05) is 17.4 Å². The van der Waals surface area contributed by atoms with Crippen LogP contribution < -0.4 is 15.8 Å². The number of piperidine rings is 1. The van der Waals surface area contributed by atoms with E-state index in [-0.39, 0.29) is 24.4 Å². The maximum atomic E-state index is 12.8. The summed E-state index contributed by atoms with van der Waals surface area (Å²) < 4.78 is 5.17. The van der Waals surface area contributed by atoms with Crippen LogP contribution in [0.1, 0.15) is 31.0 Å². The van der Waals surface area contributed by atoms with Crippen molar-refractivity contribution >= 4 is 17.5 Å². The first-order valence-electron chi connectivity index (χ1n) is 10.5. The Morgan fingerprint density at radius 2 is 1.94 bits per heavy atom. The first-order chi connectivity index (χ1) is 15.1. The Bertz CT molecular complexity index is 1020. The zero-order valence-electron chi connectivity index (χ0n) is 17.6. The molecule has 1 aliphatic rings. The highest BCUT2D eigenvalue weighted by atomic mass is 16.5. The van der Waals surface area contributed by atoms with Crippen LogP contribution >= 0.6 is 0 Å². The summed E-state index contributed by atoms with van der Waals surface area (Å²) in [6, 6.07) is 17.4. The molecule has 1 saturated heterocycles. The van der Waals surface area contributed by atoms with Gasteiger partial charge < -0.3 is 15.8 Å². The highest BCUT2D eigenvalue weighted by Gasteiger charge is 2.29. The molecule has 0 spiro atoms. The van der Waals surface area contributed by atoms with Crippen LogP contribution in [0.15, 0.2) is 60.8 Å². The molecule has 1 fully saturated rings. The van der Waals surface area contributed by atoms with Gasteiger partial charge in [0.1, 0.15) is 5.75 Å². The minimum atomic E-state index is -0.0552. The summed E-state index contributed by atoms with van der Waals surface area (Å²) >= 11 is 0. The van der Waals surface area contributed by atoms with Crippen LogP contribution in [0.25, 0.3) is 11.1 Å². The highest BCUT2D eigenvalue weighted by Crippen LogP contribution is 2.35. The van der Waals surface area contributed by atoms with E-state index in [9.17, 15) is 4.79 Å². The lowest BCUT2D eigenvalue weighted by Gasteiger charge is -2.35. The van der Waals surface area contributed by atoms with E-state index in [0.29, 0.717) is 0 Å². The van der Waals surface area contributed by atoms with Crippen LogP contribution in [-0.2, 0) is 4.79 Å². The molecule has 4 rings (SSSR count). The van der Waals surface area contributed by atoms with Gasteiger partial charge in [-0.2, -0.15) is 0 Å². The topological polar surface area (TPSA) is 93.4 Å². The summed E-state index contributed by atoms with van der Waals surface area (Å²) in [6.45, 7) is 1.12. The van der Waals surface area contributed by atoms with E-state index in [4.69, 9.17) is 10.5 Å². The van der Waals surface area contributed by atoms with Crippen molar-refractivity contribution in [1.29, 1.82) is 0 Å². The van der Waals surface area contributed by atoms with E-state index in [1.54, 1.807) is 13.3 Å². The molecule has 1 atom stereocenters. The molecule has 7 nitrogen and oxygen atoms in total. The first kappa shape index (κ1) is 20.8. The normalized spacial score (nSPS) is 16.6. The molecule has 3 N–H and O–H groups in total. The van der Waals surface area contributed by atoms with Crippen molar-refractivity contribution in [3.63, 3.8) is 0 Å². The second-order valence-corrected chi connectivity index (χ2v) is 7.65. The quantitative estimate of drug-likeness (QED) is 0.632. The number of anilines is 2. The molecule has 0 bridgehead atoms. The predicted molar refractivity (Wildman–Crippen MR) is 122 cm³/mol. The lowest BCUT2D eigenvalue weighted by molar-refractivity contribution is -0.118. The number of carbonyl (C=O) groups excluding carboxylic acids is 1. The number of rotatable bonds is 6. The number of hydrogen-bond acceptors (Lipinski definition) is 6. The van der Waals surface area contributed by atoms with Gasteiger partial charge in [-0.1, -0.05) is 36.8 Å². The molecule has 160 valence electrons. The van der Waals surface area contributed by atoms with Crippen LogP contribution in [0.3, 0.4) is 0 Å². The average molecular weight is 418 g/mol. The summed E-state index contributed by atoms with van der Waals surface area (Å²) in [5.41, 5.74) is 9.59. The highest BCUT2D eigenvalue weighted by molar-refractivity contribution is 5.92. The van der Waals surface area contributed by atoms with Crippen molar-refractivity contribution < 1.29 is 9.53 Å². The Kier molecular flexibility index (Phi) is 6.43. The number of hydrogen-bond donors (Lipinski definition) is 2. The average Bonchev–Trinajstić information content (AvgIpc) is 2.80. The number of amides is 1. The number of benzene rings is 2. The van der Waals surface area contributed by atoms with Crippen LogP contribution in [-0.4, -0.2) is 41.0 Å². The number of nitrogens with one attached hydrogen (secondary N) is 1. The van der Waals surface area contributed by atoms with E-state index < -0.39 is 0 Å². The predicted octanol–water partition coefficient (Wildman–Crippen LogP) is 3.90. The summed E-state index contributed by atoms with van der Waals surface area (Å²) in [7, 11) is 1.62. The zero-order valence-corrected chi connectivity index (χ0v) is 17.6. The number of aromatic nitrogens is 2. The molecule has 1 unspecified atom stereocenters. The second-order valence-electron chi connectivity index (χ2n) is 7.65. The Labute approximate surface area is 182 Å². The number of nitrogen functional groups attached to an aromatic ring is 1. The molecule has 2 heterocycles. The van der Waals surface area contributed by atoms with Crippen LogP contribution in [0.4, 0.5) is 11.6 Å². The first-order valence-corrected chi connectivity index (χ1v) is 10.5. The van der Waals surface area contributed by atoms with Crippen LogP contribution in [0.5, 0.6) is 5.75 Å². The van der Waals surface area contributed by atoms with Crippen molar-refractivity contribution in [3.8, 4) is 16.9 Å². The van der Waals surface area contributed by atoms with Gasteiger partial charge in [-0.05, 0) is 49.2 Å². The van der Waals surface area contributed by atoms with Gasteiger partial charge in [0.25, 0.3) is 0 Å². The van der Waals surface area contributed by atoms with Gasteiger partial charge in [0.2, 0.25) is 11.9 Å². The molecular formula is C24H27N5O2. The zero-order chi connectivity index (χ0) is 21.6. The molecule has 0 saturated carbocycles. The fourth-order valence-electron chi connectivity index (χ4n) is 4.05. The summed E-state index contributed by atoms with van der Waals surface area (Å²) in [5.74, 6) is 0.951. The maximum absolute atomic E-state index is 12.8. The van der Waals surface area contributed by atoms with Crippen LogP contribution in [0.2, 0.25) is 0 Å². The SMILES string of the molecule is COc1ccc(NC(=O)CN2CCCCC2c2nc(N)ncc2-c2ccccc2)cc1. The van der Waals surface area contributed by atoms with Crippen molar-refractivity contribution in [3.05, 3.63) is 66.5 Å². The van der Waals surface area contributed by atoms with Crippen molar-refractivity contribution in [2.24, 2.45) is 0 Å². The molecule has 0 radical (unpaired) electrons. The molecule has 0 aliphatic carbocycles. The second kappa shape index (κ2) is 9.57. The van der Waals surface area contributed by atoms with Gasteiger partial charge in [-0.15, -0.1) is 0 Å². The third kappa shape index (κ3) is 5.00. The van der Waals surface area contributed by atoms with Crippen LogP contribution in [0, 0.1) is 0 Å². The largest absolute Gasteiger partial charge is 0.497 e. The minimum Gasteiger partial charge on any atom is -0.497 e. The van der Waals surface area contributed by atoms with E-state index in [1.807, 2.05) is 54.6 Å². The summed E-state index contributed by atoms with van der Waals surface area (Å²) in [5, 5.41) is 2.98. The van der Waals surface area contributed by atoms with Gasteiger partial charge in [-0.3, -0.25) is 9.69 Å². The number of ether oxygens (including phenoxy) is 1. The standard InChI is InChI=1S/C24H27N5O2/c1-31-19-12-10-18(11-13-19)27-22(30)16-29-14-6-5-9-21(29)23-20(15-26-24(25)28-23)17-7-3-2-4-8-17/h2-4,7-8,10-13,15,21H,5-6,9,14,16H2,1H3,(H,27,30)(H2,25,26,28). The van der Waals surface area contributed by atoms with Gasteiger partial charge in [0.05, 0.1) is 25.4 Å². The molecule has 1 amide bonds. The summed E-state index contributed by atoms with van der Waals surface area (Å²) in [4.78, 5) is 23.8. The Hall–Kier alpha value is -3.45. The monoisotopic (exact) mass is 417 g/mol. The van der Waals surface area contributed by atoms with Crippen molar-refractivity contribution in [2.45, 2.75) is 25.3 Å². The Balaban J connectivity index is 1.55. The van der Waals surface area contributed by atoms with E-state index in [0.717, 1.165) is 54.1 Å². The number of methoxy groups -OCH3 is 1. The fourth-order valence-corrected chi connectivity index (χ4v) is 4.05. The van der Waals surface area contributed by atoms with E-state index in [1.165, 1.54) is 0 Å². The lowest BCUT2D eigenvalue weighted by Crippen LogP contribution is -2.40. The molecule has 2 aromatic carbocycles. The summed E-state index contributed by atoms with van der Waals surface area (Å²) in [6.07, 6.45) is 4.84. The molecule has 31 heavy (non-hydrogen) atoms. The minimum absolute atomic E-state index is 0.0101. The Morgan fingerprint density at radius 3 is 2.68 bits per heavy atom. The molecule has 7 heteroatoms. The third-order valence-electron chi connectivity index (χ3n) is 5.57. The van der Waals surface area contributed by atoms with E-state index >= 15 is 0 Å². The number of likely N-dealkylation sites (tertiary alicyclic amines) is 1. The van der Waals surface area contributed by atoms with Gasteiger partial charge in [-0.25, -0.2) is 9.97 Å². The van der Waals surface area contributed by atoms with Crippen molar-refractivity contribution in [1.82, 2.24) is 14.9 Å². The smallest absolute Gasteiger partial charge is 0.238 e. The third-order valence-corrected chi connectivity index (χ3v) is 5.57. The lowest BCUT2D eigenvalue weighted by atomic mass is 9.94. The number of nitrogens with two attached hydrogens (primary N) is 1. The molecule has 1 aromatic heterocycles. The molecular weight excluding hydrogens is 390 g/mol. The molecule has 3 aromatic rings. The fraction of sp³-hybridized carbons (Fsp3) is 0.292. The van der Waals surface area contributed by atoms with Gasteiger partial charge in [0.15, 0.2) is 0 Å². The molecule has 1 aliphatic heterocycles. The maximum Gasteiger partial charge on any atom is 0.238 e. The van der Waals surface area contributed by atoms with E-state index in [2.05, 4.69) is 20.2 Å².